The molecule has 0 fully saturated rings. The summed E-state index contributed by atoms with van der Waals surface area (Å²) in [6, 6.07) is 0. The van der Waals surface area contributed by atoms with Crippen LogP contribution in [0.5, 0.6) is 0 Å². The van der Waals surface area contributed by atoms with Crippen molar-refractivity contribution in [2.24, 2.45) is 0 Å². The number of carboxylic acids is 1. The molecule has 0 atom stereocenters. The molecule has 0 unspecified atom stereocenters. The molecule has 0 rings (SSSR count). The Morgan fingerprint density at radius 1 is 0.810 bits per heavy atom. The Morgan fingerprint density at radius 2 is 1.29 bits per heavy atom. The van der Waals surface area contributed by atoms with Gasteiger partial charge in [0.15, 0.2) is 0 Å². The summed E-state index contributed by atoms with van der Waals surface area (Å²) < 4.78 is 0. The highest BCUT2D eigenvalue weighted by Gasteiger charge is 1.91. The van der Waals surface area contributed by atoms with E-state index in [1.165, 1.54) is 51.4 Å². The van der Waals surface area contributed by atoms with Gasteiger partial charge in [-0.2, -0.15) is 0 Å². The monoisotopic (exact) mass is 293 g/mol. The lowest BCUT2D eigenvalue weighted by atomic mass is 10.1. The molecule has 0 aromatic rings. The normalized spacial score (nSPS) is 12.2. The van der Waals surface area contributed by atoms with E-state index in [1.807, 2.05) is 0 Å². The quantitative estimate of drug-likeness (QED) is 0.258. The largest absolute Gasteiger partial charge is 0.545 e. The fraction of sp³-hybridized carbons (Fsp3) is 0.737. The van der Waals surface area contributed by atoms with Crippen LogP contribution >= 0.6 is 0 Å². The van der Waals surface area contributed by atoms with Crippen LogP contribution in [0, 0.1) is 0 Å². The van der Waals surface area contributed by atoms with Crippen LogP contribution < -0.4 is 5.11 Å². The number of hydrogen-bond acceptors (Lipinski definition) is 2. The second kappa shape index (κ2) is 15.3. The van der Waals surface area contributed by atoms with Crippen molar-refractivity contribution in [2.75, 3.05) is 0 Å². The maximum absolute atomic E-state index is 10.5. The third-order valence-corrected chi connectivity index (χ3v) is 3.74. The first-order chi connectivity index (χ1) is 10.2. The van der Waals surface area contributed by atoms with Crippen molar-refractivity contribution in [3.63, 3.8) is 0 Å². The van der Waals surface area contributed by atoms with Crippen LogP contribution in [-0.4, -0.2) is 5.97 Å². The van der Waals surface area contributed by atoms with Crippen LogP contribution in [0.15, 0.2) is 23.8 Å². The van der Waals surface area contributed by atoms with Crippen molar-refractivity contribution in [3.8, 4) is 0 Å². The van der Waals surface area contributed by atoms with Gasteiger partial charge in [-0.15, -0.1) is 0 Å². The molecule has 0 radical (unpaired) electrons. The highest BCUT2D eigenvalue weighted by atomic mass is 16.4. The summed E-state index contributed by atoms with van der Waals surface area (Å²) in [5, 5.41) is 10.5. The average molecular weight is 293 g/mol. The average Bonchev–Trinajstić information content (AvgIpc) is 2.47. The molecule has 0 spiro atoms. The van der Waals surface area contributed by atoms with Gasteiger partial charge in [0, 0.05) is 0 Å². The van der Waals surface area contributed by atoms with Crippen molar-refractivity contribution in [3.05, 3.63) is 23.8 Å². The van der Waals surface area contributed by atoms with Gasteiger partial charge in [0.2, 0.25) is 0 Å². The predicted octanol–water partition coefficient (Wildman–Crippen LogP) is 4.94. The predicted molar refractivity (Wildman–Crippen MR) is 89.0 cm³/mol. The van der Waals surface area contributed by atoms with E-state index in [9.17, 15) is 9.90 Å². The third kappa shape index (κ3) is 15.2. The molecule has 0 aliphatic rings. The molecular weight excluding hydrogens is 260 g/mol. The SMILES string of the molecule is CCCCCCCC/C=C\CCCCC/C=C(\C)C(=O)[O-]. The summed E-state index contributed by atoms with van der Waals surface area (Å²) in [6.45, 7) is 3.85. The summed E-state index contributed by atoms with van der Waals surface area (Å²) in [5.74, 6) is -1.05. The molecule has 0 bridgehead atoms. The van der Waals surface area contributed by atoms with Crippen LogP contribution in [0.2, 0.25) is 0 Å². The number of hydrogen-bond donors (Lipinski definition) is 0. The summed E-state index contributed by atoms with van der Waals surface area (Å²) in [6.07, 6.45) is 21.2. The van der Waals surface area contributed by atoms with Crippen LogP contribution in [0.3, 0.4) is 0 Å². The number of unbranched alkanes of at least 4 members (excludes halogenated alkanes) is 10. The van der Waals surface area contributed by atoms with Crippen molar-refractivity contribution in [2.45, 2.75) is 90.9 Å². The summed E-state index contributed by atoms with van der Waals surface area (Å²) in [5.41, 5.74) is 0.355. The minimum atomic E-state index is -1.05. The Bertz CT molecular complexity index is 303. The highest BCUT2D eigenvalue weighted by Crippen LogP contribution is 2.09. The molecule has 122 valence electrons. The van der Waals surface area contributed by atoms with Gasteiger partial charge in [-0.05, 0) is 51.0 Å². The number of rotatable bonds is 14. The van der Waals surface area contributed by atoms with Crippen LogP contribution in [0.1, 0.15) is 90.9 Å². The molecule has 0 aromatic heterocycles. The first-order valence-corrected chi connectivity index (χ1v) is 8.71. The van der Waals surface area contributed by atoms with Gasteiger partial charge in [0.05, 0.1) is 5.97 Å². The second-order valence-corrected chi connectivity index (χ2v) is 5.84. The molecule has 21 heavy (non-hydrogen) atoms. The van der Waals surface area contributed by atoms with E-state index in [4.69, 9.17) is 0 Å². The molecular formula is C19H33O2-. The fourth-order valence-corrected chi connectivity index (χ4v) is 2.26. The molecule has 0 N–H and O–H groups in total. The van der Waals surface area contributed by atoms with Gasteiger partial charge in [-0.3, -0.25) is 0 Å². The number of carboxylic acid groups (broad SMARTS) is 1. The second-order valence-electron chi connectivity index (χ2n) is 5.84. The van der Waals surface area contributed by atoms with Crippen molar-refractivity contribution < 1.29 is 9.90 Å². The van der Waals surface area contributed by atoms with Crippen molar-refractivity contribution >= 4 is 5.97 Å². The first-order valence-electron chi connectivity index (χ1n) is 8.71. The van der Waals surface area contributed by atoms with Gasteiger partial charge in [-0.1, -0.05) is 63.7 Å². The smallest absolute Gasteiger partial charge is 0.0668 e. The maximum atomic E-state index is 10.5. The lowest BCUT2D eigenvalue weighted by Gasteiger charge is -2.01. The maximum Gasteiger partial charge on any atom is 0.0668 e. The molecule has 0 saturated carbocycles. The fourth-order valence-electron chi connectivity index (χ4n) is 2.26. The zero-order valence-electron chi connectivity index (χ0n) is 14.0. The lowest BCUT2D eigenvalue weighted by molar-refractivity contribution is -0.299. The van der Waals surface area contributed by atoms with Crippen molar-refractivity contribution in [1.82, 2.24) is 0 Å². The lowest BCUT2D eigenvalue weighted by Crippen LogP contribution is -2.22. The van der Waals surface area contributed by atoms with Crippen molar-refractivity contribution in [1.29, 1.82) is 0 Å². The molecule has 2 nitrogen and oxygen atoms in total. The van der Waals surface area contributed by atoms with E-state index < -0.39 is 5.97 Å². The molecule has 2 heteroatoms. The Kier molecular flexibility index (Phi) is 14.6. The third-order valence-electron chi connectivity index (χ3n) is 3.74. The van der Waals surface area contributed by atoms with E-state index in [0.717, 1.165) is 25.7 Å². The molecule has 0 saturated heterocycles. The van der Waals surface area contributed by atoms with Crippen LogP contribution in [0.4, 0.5) is 0 Å². The topological polar surface area (TPSA) is 40.1 Å². The number of carbonyl (C=O) groups is 1. The van der Waals surface area contributed by atoms with Gasteiger partial charge in [-0.25, -0.2) is 0 Å². The molecule has 0 amide bonds. The Labute approximate surface area is 131 Å². The molecule has 0 aromatic carbocycles. The minimum Gasteiger partial charge on any atom is -0.545 e. The zero-order valence-corrected chi connectivity index (χ0v) is 14.0. The van der Waals surface area contributed by atoms with E-state index >= 15 is 0 Å². The minimum absolute atomic E-state index is 0.355. The first kappa shape index (κ1) is 19.9. The Morgan fingerprint density at radius 3 is 1.86 bits per heavy atom. The summed E-state index contributed by atoms with van der Waals surface area (Å²) >= 11 is 0. The number of aliphatic carboxylic acids is 1. The molecule has 0 aliphatic carbocycles. The Hall–Kier alpha value is -1.05. The number of carbonyl (C=O) groups excluding carboxylic acids is 1. The standard InChI is InChI=1S/C19H34O2/c1-3-4-5-6-7-8-9-10-11-12-13-14-15-16-17-18(2)19(20)21/h10-11,17H,3-9,12-16H2,1-2H3,(H,20,21)/p-1/b11-10-,18-17+. The summed E-state index contributed by atoms with van der Waals surface area (Å²) in [7, 11) is 0. The van der Waals surface area contributed by atoms with E-state index in [-0.39, 0.29) is 0 Å². The van der Waals surface area contributed by atoms with Gasteiger partial charge in [0.1, 0.15) is 0 Å². The van der Waals surface area contributed by atoms with E-state index in [0.29, 0.717) is 5.57 Å². The molecule has 0 aliphatic heterocycles. The molecule has 0 heterocycles. The summed E-state index contributed by atoms with van der Waals surface area (Å²) in [4.78, 5) is 10.5. The van der Waals surface area contributed by atoms with E-state index in [2.05, 4.69) is 19.1 Å². The zero-order chi connectivity index (χ0) is 15.8. The highest BCUT2D eigenvalue weighted by molar-refractivity contribution is 5.83. The van der Waals surface area contributed by atoms with E-state index in [1.54, 1.807) is 13.0 Å². The van der Waals surface area contributed by atoms with Gasteiger partial charge >= 0.3 is 0 Å². The van der Waals surface area contributed by atoms with Crippen LogP contribution in [0.25, 0.3) is 0 Å². The van der Waals surface area contributed by atoms with Crippen LogP contribution in [-0.2, 0) is 4.79 Å². The number of allylic oxidation sites excluding steroid dienone is 3. The van der Waals surface area contributed by atoms with Gasteiger partial charge in [0.25, 0.3) is 0 Å². The Balaban J connectivity index is 3.26. The van der Waals surface area contributed by atoms with Gasteiger partial charge < -0.3 is 9.90 Å².